The van der Waals surface area contributed by atoms with E-state index in [-0.39, 0.29) is 0 Å². The second-order valence-electron chi connectivity index (χ2n) is 7.99. The van der Waals surface area contributed by atoms with Gasteiger partial charge in [0.2, 0.25) is 0 Å². The Labute approximate surface area is 172 Å². The van der Waals surface area contributed by atoms with Crippen LogP contribution in [0.2, 0.25) is 5.02 Å². The number of amides is 2. The Hall–Kier alpha value is -2.80. The van der Waals surface area contributed by atoms with Crippen molar-refractivity contribution in [1.29, 1.82) is 0 Å². The fraction of sp³-hybridized carbons (Fsp3) is 0.333. The fourth-order valence-corrected chi connectivity index (χ4v) is 4.25. The number of carbonyl (C=O) groups is 1. The summed E-state index contributed by atoms with van der Waals surface area (Å²) in [7, 11) is 0. The number of urea groups is 1. The van der Waals surface area contributed by atoms with Crippen molar-refractivity contribution >= 4 is 45.7 Å². The van der Waals surface area contributed by atoms with E-state index in [0.717, 1.165) is 36.8 Å². The third-order valence-electron chi connectivity index (χ3n) is 6.05. The predicted molar refractivity (Wildman–Crippen MR) is 113 cm³/mol. The third-order valence-corrected chi connectivity index (χ3v) is 6.29. The molecule has 2 amide bonds. The molecule has 0 radical (unpaired) electrons. The number of aromatic nitrogens is 2. The van der Waals surface area contributed by atoms with Gasteiger partial charge in [0, 0.05) is 41.3 Å². The molecule has 29 heavy (non-hydrogen) atoms. The number of nitrogens with zero attached hydrogens (tertiary/aromatic N) is 2. The highest BCUT2D eigenvalue weighted by Gasteiger charge is 2.44. The number of hydrogen-bond acceptors (Lipinski definition) is 3. The lowest BCUT2D eigenvalue weighted by Crippen LogP contribution is -2.35. The van der Waals surface area contributed by atoms with Gasteiger partial charge in [-0.15, -0.1) is 0 Å². The summed E-state index contributed by atoms with van der Waals surface area (Å²) in [6.07, 6.45) is 7.99. The van der Waals surface area contributed by atoms with Crippen LogP contribution in [-0.2, 0) is 0 Å². The Morgan fingerprint density at radius 3 is 2.69 bits per heavy atom. The smallest absolute Gasteiger partial charge is 0.323 e. The normalized spacial score (nSPS) is 17.5. The zero-order valence-corrected chi connectivity index (χ0v) is 16.5. The Morgan fingerprint density at radius 2 is 1.97 bits per heavy atom. The second-order valence-corrected chi connectivity index (χ2v) is 8.42. The summed E-state index contributed by atoms with van der Waals surface area (Å²) in [4.78, 5) is 21.7. The Kier molecular flexibility index (Phi) is 4.35. The standard InChI is InChI=1S/C21H21ClFN5O/c22-13-1-2-17-15(9-13)18(12-24-17)27-20(29)26-14-10-16(23)19(25-11-14)28-7-5-21(3-4-21)6-8-28/h1-2,9-12,24H,3-8H2,(H2,26,27,29). The molecular formula is C21H21ClFN5O. The number of nitrogens with one attached hydrogen (secondary N) is 3. The minimum atomic E-state index is -0.478. The van der Waals surface area contributed by atoms with Gasteiger partial charge in [-0.05, 0) is 49.3 Å². The van der Waals surface area contributed by atoms with Crippen molar-refractivity contribution in [2.24, 2.45) is 5.41 Å². The summed E-state index contributed by atoms with van der Waals surface area (Å²) in [5.74, 6) is -0.0637. The number of fused-ring (bicyclic) bond motifs is 1. The second kappa shape index (κ2) is 6.91. The summed E-state index contributed by atoms with van der Waals surface area (Å²) in [5.41, 5.74) is 2.28. The van der Waals surface area contributed by atoms with Crippen molar-refractivity contribution in [2.45, 2.75) is 25.7 Å². The highest BCUT2D eigenvalue weighted by atomic mass is 35.5. The summed E-state index contributed by atoms with van der Waals surface area (Å²) in [6.45, 7) is 1.67. The summed E-state index contributed by atoms with van der Waals surface area (Å²) in [6, 6.07) is 6.21. The van der Waals surface area contributed by atoms with Crippen LogP contribution in [0.4, 0.5) is 26.4 Å². The van der Waals surface area contributed by atoms with Gasteiger partial charge in [0.25, 0.3) is 0 Å². The van der Waals surface area contributed by atoms with Crippen molar-refractivity contribution < 1.29 is 9.18 Å². The van der Waals surface area contributed by atoms with Crippen molar-refractivity contribution in [3.05, 3.63) is 47.5 Å². The maximum absolute atomic E-state index is 14.6. The maximum atomic E-state index is 14.6. The van der Waals surface area contributed by atoms with Gasteiger partial charge in [-0.25, -0.2) is 14.2 Å². The van der Waals surface area contributed by atoms with E-state index in [9.17, 15) is 9.18 Å². The Bertz CT molecular complexity index is 1080. The van der Waals surface area contributed by atoms with Crippen LogP contribution in [0.1, 0.15) is 25.7 Å². The molecule has 0 atom stereocenters. The van der Waals surface area contributed by atoms with Crippen molar-refractivity contribution in [2.75, 3.05) is 28.6 Å². The van der Waals surface area contributed by atoms with Crippen LogP contribution in [0.25, 0.3) is 10.9 Å². The van der Waals surface area contributed by atoms with Gasteiger partial charge in [0.05, 0.1) is 17.6 Å². The third kappa shape index (κ3) is 3.62. The summed E-state index contributed by atoms with van der Waals surface area (Å²) >= 11 is 6.03. The van der Waals surface area contributed by atoms with E-state index in [0.29, 0.717) is 27.6 Å². The molecule has 6 nitrogen and oxygen atoms in total. The first-order chi connectivity index (χ1) is 14.0. The average molecular weight is 414 g/mol. The monoisotopic (exact) mass is 413 g/mol. The molecule has 2 fully saturated rings. The van der Waals surface area contributed by atoms with E-state index >= 15 is 0 Å². The molecule has 5 rings (SSSR count). The summed E-state index contributed by atoms with van der Waals surface area (Å²) < 4.78 is 14.6. The lowest BCUT2D eigenvalue weighted by Gasteiger charge is -2.33. The molecule has 0 unspecified atom stereocenters. The van der Waals surface area contributed by atoms with Gasteiger partial charge in [0.15, 0.2) is 11.6 Å². The number of aromatic amines is 1. The maximum Gasteiger partial charge on any atom is 0.323 e. The van der Waals surface area contributed by atoms with Crippen LogP contribution >= 0.6 is 11.6 Å². The molecule has 1 aliphatic carbocycles. The fourth-order valence-electron chi connectivity index (χ4n) is 4.08. The first-order valence-corrected chi connectivity index (χ1v) is 10.1. The molecule has 3 aromatic rings. The number of H-pyrrole nitrogens is 1. The molecular weight excluding hydrogens is 393 g/mol. The number of hydrogen-bond donors (Lipinski definition) is 3. The first kappa shape index (κ1) is 18.2. The SMILES string of the molecule is O=C(Nc1cnc(N2CCC3(CC2)CC3)c(F)c1)Nc1c[nH]c2ccc(Cl)cc12. The lowest BCUT2D eigenvalue weighted by atomic mass is 9.94. The number of piperidine rings is 1. The largest absolute Gasteiger partial charge is 0.359 e. The highest BCUT2D eigenvalue weighted by molar-refractivity contribution is 6.31. The Balaban J connectivity index is 1.26. The quantitative estimate of drug-likeness (QED) is 0.539. The van der Waals surface area contributed by atoms with E-state index in [1.54, 1.807) is 18.3 Å². The van der Waals surface area contributed by atoms with Crippen molar-refractivity contribution in [1.82, 2.24) is 9.97 Å². The van der Waals surface area contributed by atoms with Gasteiger partial charge in [-0.1, -0.05) is 11.6 Å². The molecule has 0 bridgehead atoms. The predicted octanol–water partition coefficient (Wildman–Crippen LogP) is 5.38. The molecule has 1 aliphatic heterocycles. The van der Waals surface area contributed by atoms with E-state index in [2.05, 4.69) is 20.6 Å². The van der Waals surface area contributed by atoms with Crippen LogP contribution in [0.5, 0.6) is 0 Å². The van der Waals surface area contributed by atoms with E-state index < -0.39 is 11.8 Å². The molecule has 150 valence electrons. The minimum Gasteiger partial charge on any atom is -0.359 e. The zero-order valence-electron chi connectivity index (χ0n) is 15.8. The molecule has 8 heteroatoms. The number of pyridine rings is 1. The molecule has 2 aliphatic rings. The van der Waals surface area contributed by atoms with Crippen molar-refractivity contribution in [3.8, 4) is 0 Å². The van der Waals surface area contributed by atoms with Crippen LogP contribution in [0.3, 0.4) is 0 Å². The van der Waals surface area contributed by atoms with Crippen LogP contribution in [-0.4, -0.2) is 29.1 Å². The van der Waals surface area contributed by atoms with Crippen LogP contribution in [0, 0.1) is 11.2 Å². The van der Waals surface area contributed by atoms with E-state index in [1.165, 1.54) is 25.1 Å². The van der Waals surface area contributed by atoms with Gasteiger partial charge in [-0.3, -0.25) is 0 Å². The van der Waals surface area contributed by atoms with Crippen molar-refractivity contribution in [3.63, 3.8) is 0 Å². The number of halogens is 2. The highest BCUT2D eigenvalue weighted by Crippen LogP contribution is 2.53. The molecule has 2 aromatic heterocycles. The van der Waals surface area contributed by atoms with Gasteiger partial charge < -0.3 is 20.5 Å². The number of anilines is 3. The topological polar surface area (TPSA) is 73.1 Å². The summed E-state index contributed by atoms with van der Waals surface area (Å²) in [5, 5.41) is 6.76. The molecule has 3 heterocycles. The molecule has 1 aromatic carbocycles. The van der Waals surface area contributed by atoms with Gasteiger partial charge >= 0.3 is 6.03 Å². The van der Waals surface area contributed by atoms with Gasteiger partial charge in [0.1, 0.15) is 0 Å². The Morgan fingerprint density at radius 1 is 1.17 bits per heavy atom. The molecule has 1 spiro atoms. The molecule has 3 N–H and O–H groups in total. The number of rotatable bonds is 3. The molecule has 1 saturated carbocycles. The van der Waals surface area contributed by atoms with E-state index in [1.807, 2.05) is 11.0 Å². The van der Waals surface area contributed by atoms with E-state index in [4.69, 9.17) is 11.6 Å². The van der Waals surface area contributed by atoms with Crippen LogP contribution in [0.15, 0.2) is 36.7 Å². The molecule has 1 saturated heterocycles. The zero-order chi connectivity index (χ0) is 20.0. The first-order valence-electron chi connectivity index (χ1n) is 9.77. The van der Waals surface area contributed by atoms with Gasteiger partial charge in [-0.2, -0.15) is 0 Å². The average Bonchev–Trinajstić information content (AvgIpc) is 3.34. The lowest BCUT2D eigenvalue weighted by molar-refractivity contribution is 0.262. The van der Waals surface area contributed by atoms with Crippen LogP contribution < -0.4 is 15.5 Å². The number of benzene rings is 1. The number of carbonyl (C=O) groups excluding carboxylic acids is 1. The minimum absolute atomic E-state index is 0.303.